The Morgan fingerprint density at radius 2 is 2.37 bits per heavy atom. The van der Waals surface area contributed by atoms with E-state index in [2.05, 4.69) is 18.3 Å². The minimum atomic E-state index is -0.182. The molecule has 0 saturated heterocycles. The van der Waals surface area contributed by atoms with Crippen LogP contribution in [0, 0.1) is 5.82 Å². The summed E-state index contributed by atoms with van der Waals surface area (Å²) in [7, 11) is 0. The zero-order valence-corrected chi connectivity index (χ0v) is 12.0. The molecule has 0 aliphatic carbocycles. The zero-order chi connectivity index (χ0) is 13.5. The molecule has 104 valence electrons. The van der Waals surface area contributed by atoms with Gasteiger partial charge in [-0.1, -0.05) is 13.0 Å². The minimum absolute atomic E-state index is 0.182. The van der Waals surface area contributed by atoms with Crippen LogP contribution < -0.4 is 5.32 Å². The molecular weight excluding hydrogens is 261 g/mol. The van der Waals surface area contributed by atoms with Crippen LogP contribution in [0.5, 0.6) is 0 Å². The van der Waals surface area contributed by atoms with Crippen LogP contribution in [0.2, 0.25) is 0 Å². The number of hydrogen-bond donors (Lipinski definition) is 1. The predicted octanol–water partition coefficient (Wildman–Crippen LogP) is 3.59. The van der Waals surface area contributed by atoms with Crippen molar-refractivity contribution >= 4 is 11.8 Å². The summed E-state index contributed by atoms with van der Waals surface area (Å²) in [6.45, 7) is 3.79. The van der Waals surface area contributed by atoms with E-state index in [1.165, 1.54) is 6.07 Å². The predicted molar refractivity (Wildman–Crippen MR) is 77.9 cm³/mol. The summed E-state index contributed by atoms with van der Waals surface area (Å²) < 4.78 is 18.8. The van der Waals surface area contributed by atoms with Crippen molar-refractivity contribution in [3.8, 4) is 0 Å². The summed E-state index contributed by atoms with van der Waals surface area (Å²) in [5, 5.41) is 3.43. The fourth-order valence-corrected chi connectivity index (χ4v) is 3.06. The van der Waals surface area contributed by atoms with Crippen molar-refractivity contribution in [2.24, 2.45) is 0 Å². The lowest BCUT2D eigenvalue weighted by molar-refractivity contribution is 0.172. The second kappa shape index (κ2) is 7.56. The molecule has 0 bridgehead atoms. The van der Waals surface area contributed by atoms with Gasteiger partial charge >= 0.3 is 0 Å². The average Bonchev–Trinajstić information content (AvgIpc) is 2.44. The average molecular weight is 281 g/mol. The van der Waals surface area contributed by atoms with Gasteiger partial charge in [-0.2, -0.15) is 0 Å². The van der Waals surface area contributed by atoms with E-state index in [9.17, 15) is 4.39 Å². The topological polar surface area (TPSA) is 21.3 Å². The van der Waals surface area contributed by atoms with E-state index < -0.39 is 0 Å². The van der Waals surface area contributed by atoms with Crippen LogP contribution in [0.1, 0.15) is 19.8 Å². The first-order valence-corrected chi connectivity index (χ1v) is 7.72. The second-order valence-corrected chi connectivity index (χ2v) is 5.57. The van der Waals surface area contributed by atoms with E-state index in [-0.39, 0.29) is 11.9 Å². The number of ether oxygens (including phenoxy) is 1. The van der Waals surface area contributed by atoms with E-state index >= 15 is 0 Å². The highest BCUT2D eigenvalue weighted by Gasteiger charge is 2.17. The number of hydrogen-bond acceptors (Lipinski definition) is 3. The van der Waals surface area contributed by atoms with Crippen LogP contribution in [-0.2, 0) is 4.74 Å². The lowest BCUT2D eigenvalue weighted by Gasteiger charge is -2.24. The molecule has 1 atom stereocenters. The summed E-state index contributed by atoms with van der Waals surface area (Å²) in [5.41, 5.74) is 0. The number of benzene rings is 1. The van der Waals surface area contributed by atoms with Crippen LogP contribution >= 0.6 is 11.8 Å². The van der Waals surface area contributed by atoms with E-state index in [1.54, 1.807) is 23.9 Å². The molecule has 1 aromatic carbocycles. The molecule has 0 spiro atoms. The van der Waals surface area contributed by atoms with Gasteiger partial charge in [0.2, 0.25) is 0 Å². The Hall–Kier alpha value is -1.00. The highest BCUT2D eigenvalue weighted by Crippen LogP contribution is 2.23. The quantitative estimate of drug-likeness (QED) is 0.805. The van der Waals surface area contributed by atoms with Gasteiger partial charge in [-0.25, -0.2) is 4.39 Å². The smallest absolute Gasteiger partial charge is 0.124 e. The number of likely N-dealkylation sites (N-methyl/N-ethyl adjacent to an activating group) is 1. The number of rotatable bonds is 6. The van der Waals surface area contributed by atoms with Crippen molar-refractivity contribution in [2.75, 3.05) is 18.9 Å². The Balaban J connectivity index is 1.95. The molecule has 0 radical (unpaired) electrons. The third-order valence-electron chi connectivity index (χ3n) is 2.97. The van der Waals surface area contributed by atoms with Crippen LogP contribution in [0.4, 0.5) is 4.39 Å². The molecule has 0 fully saturated rings. The van der Waals surface area contributed by atoms with E-state index in [0.29, 0.717) is 0 Å². The summed E-state index contributed by atoms with van der Waals surface area (Å²) in [5.74, 6) is 1.71. The monoisotopic (exact) mass is 281 g/mol. The molecule has 19 heavy (non-hydrogen) atoms. The summed E-state index contributed by atoms with van der Waals surface area (Å²) in [4.78, 5) is 0.958. The van der Waals surface area contributed by atoms with Crippen LogP contribution in [0.3, 0.4) is 0 Å². The molecule has 0 saturated carbocycles. The van der Waals surface area contributed by atoms with Crippen molar-refractivity contribution < 1.29 is 9.13 Å². The number of thioether (sulfide) groups is 1. The third kappa shape index (κ3) is 4.55. The van der Waals surface area contributed by atoms with Gasteiger partial charge in [-0.05, 0) is 43.7 Å². The maximum Gasteiger partial charge on any atom is 0.124 e. The maximum absolute atomic E-state index is 13.1. The van der Waals surface area contributed by atoms with Crippen molar-refractivity contribution in [1.29, 1.82) is 0 Å². The molecular formula is C15H20FNOS. The molecule has 0 aromatic heterocycles. The zero-order valence-electron chi connectivity index (χ0n) is 11.2. The number of halogens is 1. The van der Waals surface area contributed by atoms with Gasteiger partial charge in [0, 0.05) is 10.6 Å². The SMILES string of the molecule is CCNC(CSc1cccc(F)c1)C1=CCCCO1. The molecule has 2 nitrogen and oxygen atoms in total. The molecule has 1 aromatic rings. The van der Waals surface area contributed by atoms with Gasteiger partial charge in [0.15, 0.2) is 0 Å². The van der Waals surface area contributed by atoms with E-state index in [0.717, 1.165) is 42.4 Å². The Bertz CT molecular complexity index is 436. The summed E-state index contributed by atoms with van der Waals surface area (Å²) in [6, 6.07) is 6.93. The lowest BCUT2D eigenvalue weighted by atomic mass is 10.1. The Morgan fingerprint density at radius 3 is 3.05 bits per heavy atom. The first-order valence-electron chi connectivity index (χ1n) is 6.74. The highest BCUT2D eigenvalue weighted by atomic mass is 32.2. The number of allylic oxidation sites excluding steroid dienone is 1. The van der Waals surface area contributed by atoms with Gasteiger partial charge in [0.05, 0.1) is 12.6 Å². The minimum Gasteiger partial charge on any atom is -0.497 e. The molecule has 1 unspecified atom stereocenters. The van der Waals surface area contributed by atoms with Gasteiger partial charge in [0.1, 0.15) is 11.6 Å². The van der Waals surface area contributed by atoms with Crippen LogP contribution in [-0.4, -0.2) is 24.9 Å². The van der Waals surface area contributed by atoms with Gasteiger partial charge in [0.25, 0.3) is 0 Å². The summed E-state index contributed by atoms with van der Waals surface area (Å²) in [6.07, 6.45) is 4.35. The fraction of sp³-hybridized carbons (Fsp3) is 0.467. The third-order valence-corrected chi connectivity index (χ3v) is 4.06. The standard InChI is InChI=1S/C15H20FNOS/c1-2-17-14(15-8-3-4-9-18-15)11-19-13-7-5-6-12(16)10-13/h5-8,10,14,17H,2-4,9,11H2,1H3. The second-order valence-electron chi connectivity index (χ2n) is 4.48. The first-order chi connectivity index (χ1) is 9.29. The van der Waals surface area contributed by atoms with Gasteiger partial charge in [-0.3, -0.25) is 0 Å². The largest absolute Gasteiger partial charge is 0.497 e. The van der Waals surface area contributed by atoms with Crippen molar-refractivity contribution in [2.45, 2.75) is 30.7 Å². The normalized spacial score (nSPS) is 16.6. The first kappa shape index (κ1) is 14.4. The molecule has 1 N–H and O–H groups in total. The van der Waals surface area contributed by atoms with E-state index in [1.807, 2.05) is 6.07 Å². The van der Waals surface area contributed by atoms with Crippen LogP contribution in [0.15, 0.2) is 41.0 Å². The van der Waals surface area contributed by atoms with Gasteiger partial charge < -0.3 is 10.1 Å². The van der Waals surface area contributed by atoms with E-state index in [4.69, 9.17) is 4.74 Å². The van der Waals surface area contributed by atoms with Crippen molar-refractivity contribution in [1.82, 2.24) is 5.32 Å². The van der Waals surface area contributed by atoms with Crippen LogP contribution in [0.25, 0.3) is 0 Å². The fourth-order valence-electron chi connectivity index (χ4n) is 2.04. The van der Waals surface area contributed by atoms with Crippen molar-refractivity contribution in [3.63, 3.8) is 0 Å². The number of nitrogens with one attached hydrogen (secondary N) is 1. The molecule has 1 aliphatic rings. The maximum atomic E-state index is 13.1. The molecule has 2 rings (SSSR count). The molecule has 1 aliphatic heterocycles. The molecule has 4 heteroatoms. The Morgan fingerprint density at radius 1 is 1.47 bits per heavy atom. The highest BCUT2D eigenvalue weighted by molar-refractivity contribution is 7.99. The Labute approximate surface area is 118 Å². The van der Waals surface area contributed by atoms with Crippen molar-refractivity contribution in [3.05, 3.63) is 41.9 Å². The van der Waals surface area contributed by atoms with Gasteiger partial charge in [-0.15, -0.1) is 11.8 Å². The summed E-state index contributed by atoms with van der Waals surface area (Å²) >= 11 is 1.65. The Kier molecular flexibility index (Phi) is 5.73. The molecule has 0 amide bonds. The molecule has 1 heterocycles. The lowest BCUT2D eigenvalue weighted by Crippen LogP contribution is -2.34.